The molecule has 0 aliphatic heterocycles. The van der Waals surface area contributed by atoms with E-state index in [4.69, 9.17) is 0 Å². The molecule has 29 heavy (non-hydrogen) atoms. The average molecular weight is 395 g/mol. The summed E-state index contributed by atoms with van der Waals surface area (Å²) in [5.41, 5.74) is 4.66. The van der Waals surface area contributed by atoms with Gasteiger partial charge in [-0.1, -0.05) is 69.7 Å². The lowest BCUT2D eigenvalue weighted by Gasteiger charge is -2.44. The molecule has 3 aliphatic carbocycles. The Labute approximate surface area is 179 Å². The lowest BCUT2D eigenvalue weighted by molar-refractivity contribution is -0.121. The van der Waals surface area contributed by atoms with E-state index in [1.165, 1.54) is 43.3 Å². The van der Waals surface area contributed by atoms with Gasteiger partial charge in [0.1, 0.15) is 5.78 Å². The third-order valence-corrected chi connectivity index (χ3v) is 8.26. The summed E-state index contributed by atoms with van der Waals surface area (Å²) in [5, 5.41) is 0. The van der Waals surface area contributed by atoms with Crippen LogP contribution in [0.3, 0.4) is 0 Å². The van der Waals surface area contributed by atoms with Gasteiger partial charge >= 0.3 is 0 Å². The Kier molecular flexibility index (Phi) is 7.07. The number of allylic oxidation sites excluding steroid dienone is 7. The van der Waals surface area contributed by atoms with E-state index in [2.05, 4.69) is 58.6 Å². The van der Waals surface area contributed by atoms with Crippen LogP contribution in [0.5, 0.6) is 0 Å². The molecule has 3 aliphatic rings. The fraction of sp³-hybridized carbons (Fsp3) is 0.679. The lowest BCUT2D eigenvalue weighted by Crippen LogP contribution is -2.35. The quantitative estimate of drug-likeness (QED) is 0.434. The highest BCUT2D eigenvalue weighted by Gasteiger charge is 2.50. The van der Waals surface area contributed by atoms with E-state index in [1.807, 2.05) is 0 Å². The molecule has 0 amide bonds. The molecule has 0 aromatic carbocycles. The summed E-state index contributed by atoms with van der Waals surface area (Å²) >= 11 is 0. The monoisotopic (exact) mass is 394 g/mol. The lowest BCUT2D eigenvalue weighted by atomic mass is 9.61. The zero-order valence-corrected chi connectivity index (χ0v) is 19.5. The second-order valence-electron chi connectivity index (χ2n) is 10.7. The maximum atomic E-state index is 11.9. The normalized spacial score (nSPS) is 36.9. The van der Waals surface area contributed by atoms with Crippen molar-refractivity contribution >= 4 is 5.78 Å². The Hall–Kier alpha value is -1.37. The van der Waals surface area contributed by atoms with Gasteiger partial charge in [-0.3, -0.25) is 4.79 Å². The maximum absolute atomic E-state index is 11.9. The first kappa shape index (κ1) is 22.3. The van der Waals surface area contributed by atoms with Gasteiger partial charge in [-0.15, -0.1) is 0 Å². The van der Waals surface area contributed by atoms with Crippen LogP contribution >= 0.6 is 0 Å². The van der Waals surface area contributed by atoms with Gasteiger partial charge in [0, 0.05) is 5.92 Å². The summed E-state index contributed by atoms with van der Waals surface area (Å²) in [4.78, 5) is 11.9. The van der Waals surface area contributed by atoms with Crippen LogP contribution in [0.1, 0.15) is 86.0 Å². The number of rotatable bonds is 5. The number of carbonyl (C=O) groups is 1. The Morgan fingerprint density at radius 3 is 2.55 bits per heavy atom. The Bertz CT molecular complexity index is 719. The third kappa shape index (κ3) is 4.86. The molecule has 0 bridgehead atoms. The summed E-state index contributed by atoms with van der Waals surface area (Å²) < 4.78 is 0. The standard InChI is InChI=1S/C28H42O/c1-19(2)9-10-21(4)26-15-16-27-23(8-7-17-28(26,27)6)13-14-24-18-25(22(5)29)12-11-20(24)3/h9-10,13-14,19,21,25-27H,3,7-8,11-12,15-18H2,1-2,4-6H3/b10-9+,23-13+,24-14+/t21-,25+,26-,27?,28-/m1/s1. The summed E-state index contributed by atoms with van der Waals surface area (Å²) in [5.74, 6) is 3.37. The molecule has 160 valence electrons. The molecular weight excluding hydrogens is 352 g/mol. The van der Waals surface area contributed by atoms with Crippen molar-refractivity contribution in [1.29, 1.82) is 0 Å². The molecule has 0 spiro atoms. The minimum atomic E-state index is 0.200. The zero-order chi connectivity index (χ0) is 21.2. The highest BCUT2D eigenvalue weighted by Crippen LogP contribution is 2.59. The Morgan fingerprint density at radius 2 is 1.86 bits per heavy atom. The molecule has 0 heterocycles. The number of Topliss-reactive ketones (excluding diaryl/α,β-unsaturated/α-hetero) is 1. The van der Waals surface area contributed by atoms with Crippen LogP contribution in [0, 0.1) is 35.0 Å². The first-order valence-electron chi connectivity index (χ1n) is 12.0. The first-order valence-corrected chi connectivity index (χ1v) is 12.0. The van der Waals surface area contributed by atoms with Gasteiger partial charge < -0.3 is 0 Å². The van der Waals surface area contributed by atoms with Crippen molar-refractivity contribution in [3.63, 3.8) is 0 Å². The average Bonchev–Trinajstić information content (AvgIpc) is 3.02. The van der Waals surface area contributed by atoms with Gasteiger partial charge in [-0.25, -0.2) is 0 Å². The van der Waals surface area contributed by atoms with Gasteiger partial charge in [-0.2, -0.15) is 0 Å². The summed E-state index contributed by atoms with van der Waals surface area (Å²) in [6, 6.07) is 0. The van der Waals surface area contributed by atoms with Gasteiger partial charge in [0.2, 0.25) is 0 Å². The second-order valence-corrected chi connectivity index (χ2v) is 10.7. The maximum Gasteiger partial charge on any atom is 0.133 e. The molecule has 0 N–H and O–H groups in total. The minimum Gasteiger partial charge on any atom is -0.300 e. The van der Waals surface area contributed by atoms with E-state index >= 15 is 0 Å². The molecule has 3 rings (SSSR count). The van der Waals surface area contributed by atoms with Crippen molar-refractivity contribution in [3.8, 4) is 0 Å². The summed E-state index contributed by atoms with van der Waals surface area (Å²) in [6.45, 7) is 15.6. The zero-order valence-electron chi connectivity index (χ0n) is 19.5. The summed E-state index contributed by atoms with van der Waals surface area (Å²) in [6.07, 6.45) is 19.1. The number of carbonyl (C=O) groups excluding carboxylic acids is 1. The SMILES string of the molecule is C=C1CC[C@H](C(C)=O)C/C1=C\C=C1/CCC[C@@]2(C)C1CC[C@@H]2[C@H](C)/C=C/C(C)C. The Balaban J connectivity index is 1.78. The molecule has 1 nitrogen and oxygen atoms in total. The molecule has 0 aromatic rings. The minimum absolute atomic E-state index is 0.200. The summed E-state index contributed by atoms with van der Waals surface area (Å²) in [7, 11) is 0. The molecule has 0 aromatic heterocycles. The Morgan fingerprint density at radius 1 is 1.10 bits per heavy atom. The topological polar surface area (TPSA) is 17.1 Å². The predicted molar refractivity (Wildman–Crippen MR) is 125 cm³/mol. The number of ketones is 1. The van der Waals surface area contributed by atoms with Crippen molar-refractivity contribution in [2.75, 3.05) is 0 Å². The van der Waals surface area contributed by atoms with Crippen molar-refractivity contribution in [2.45, 2.75) is 86.0 Å². The van der Waals surface area contributed by atoms with Crippen molar-refractivity contribution in [2.24, 2.45) is 35.0 Å². The second kappa shape index (κ2) is 9.19. The highest BCUT2D eigenvalue weighted by atomic mass is 16.1. The number of fused-ring (bicyclic) bond motifs is 1. The fourth-order valence-corrected chi connectivity index (χ4v) is 6.44. The smallest absolute Gasteiger partial charge is 0.133 e. The molecule has 1 heteroatoms. The fourth-order valence-electron chi connectivity index (χ4n) is 6.44. The van der Waals surface area contributed by atoms with Crippen molar-refractivity contribution in [3.05, 3.63) is 47.6 Å². The van der Waals surface area contributed by atoms with Crippen LogP contribution in [0.2, 0.25) is 0 Å². The van der Waals surface area contributed by atoms with Crippen LogP contribution in [-0.2, 0) is 4.79 Å². The molecule has 3 fully saturated rings. The van der Waals surface area contributed by atoms with Crippen LogP contribution in [0.15, 0.2) is 47.6 Å². The molecule has 0 saturated heterocycles. The van der Waals surface area contributed by atoms with Crippen LogP contribution in [0.25, 0.3) is 0 Å². The largest absolute Gasteiger partial charge is 0.300 e. The molecule has 5 atom stereocenters. The van der Waals surface area contributed by atoms with Crippen molar-refractivity contribution in [1.82, 2.24) is 0 Å². The van der Waals surface area contributed by atoms with E-state index < -0.39 is 0 Å². The molecule has 0 radical (unpaired) electrons. The van der Waals surface area contributed by atoms with Crippen LogP contribution in [0.4, 0.5) is 0 Å². The van der Waals surface area contributed by atoms with Gasteiger partial charge in [0.25, 0.3) is 0 Å². The molecule has 1 unspecified atom stereocenters. The van der Waals surface area contributed by atoms with Crippen LogP contribution < -0.4 is 0 Å². The predicted octanol–water partition coefficient (Wildman–Crippen LogP) is 7.85. The molecular formula is C28H42O. The van der Waals surface area contributed by atoms with Gasteiger partial charge in [-0.05, 0) is 93.0 Å². The number of hydrogen-bond acceptors (Lipinski definition) is 1. The number of hydrogen-bond donors (Lipinski definition) is 0. The van der Waals surface area contributed by atoms with Crippen molar-refractivity contribution < 1.29 is 4.79 Å². The van der Waals surface area contributed by atoms with E-state index in [9.17, 15) is 4.79 Å². The molecule has 3 saturated carbocycles. The van der Waals surface area contributed by atoms with Gasteiger partial charge in [0.05, 0.1) is 0 Å². The van der Waals surface area contributed by atoms with Crippen LogP contribution in [-0.4, -0.2) is 5.78 Å². The van der Waals surface area contributed by atoms with E-state index in [-0.39, 0.29) is 5.92 Å². The van der Waals surface area contributed by atoms with E-state index in [0.29, 0.717) is 23.0 Å². The first-order chi connectivity index (χ1) is 13.7. The third-order valence-electron chi connectivity index (χ3n) is 8.26. The van der Waals surface area contributed by atoms with Gasteiger partial charge in [0.15, 0.2) is 0 Å². The van der Waals surface area contributed by atoms with E-state index in [1.54, 1.807) is 12.5 Å². The highest BCUT2D eigenvalue weighted by molar-refractivity contribution is 5.79. The van der Waals surface area contributed by atoms with E-state index in [0.717, 1.165) is 31.1 Å².